The van der Waals surface area contributed by atoms with Gasteiger partial charge < -0.3 is 15.9 Å². The second kappa shape index (κ2) is 4.27. The summed E-state index contributed by atoms with van der Waals surface area (Å²) in [6.45, 7) is 1.07. The van der Waals surface area contributed by atoms with Gasteiger partial charge in [0.15, 0.2) is 0 Å². The fourth-order valence-corrected chi connectivity index (χ4v) is 0.462. The van der Waals surface area contributed by atoms with Gasteiger partial charge in [-0.15, -0.1) is 0 Å². The van der Waals surface area contributed by atoms with Crippen LogP contribution in [0.25, 0.3) is 0 Å². The van der Waals surface area contributed by atoms with Gasteiger partial charge in [-0.1, -0.05) is 0 Å². The predicted octanol–water partition coefficient (Wildman–Crippen LogP) is -2.20. The van der Waals surface area contributed by atoms with Crippen LogP contribution in [-0.2, 0) is 4.79 Å². The summed E-state index contributed by atoms with van der Waals surface area (Å²) in [6.07, 6.45) is 0. The minimum atomic E-state index is -0.824. The normalized spacial score (nSPS) is 11.5. The molecule has 11 heavy (non-hydrogen) atoms. The predicted molar refractivity (Wildman–Crippen MR) is 39.8 cm³/mol. The largest absolute Gasteiger partial charge is 0.394 e. The molecular formula is C6H14N2O3. The van der Waals surface area contributed by atoms with Gasteiger partial charge in [-0.25, -0.2) is 0 Å². The SMILES string of the molecule is CC(CO)(CO)NCC(N)=O. The van der Waals surface area contributed by atoms with Crippen LogP contribution in [0.5, 0.6) is 0 Å². The Hall–Kier alpha value is -0.650. The van der Waals surface area contributed by atoms with Gasteiger partial charge in [-0.05, 0) is 6.92 Å². The van der Waals surface area contributed by atoms with E-state index in [0.717, 1.165) is 0 Å². The molecule has 5 N–H and O–H groups in total. The summed E-state index contributed by atoms with van der Waals surface area (Å²) in [4.78, 5) is 10.3. The van der Waals surface area contributed by atoms with Crippen LogP contribution in [-0.4, -0.2) is 41.4 Å². The Morgan fingerprint density at radius 2 is 2.00 bits per heavy atom. The van der Waals surface area contributed by atoms with E-state index in [1.807, 2.05) is 0 Å². The van der Waals surface area contributed by atoms with Crippen molar-refractivity contribution in [2.24, 2.45) is 5.73 Å². The third-order valence-corrected chi connectivity index (χ3v) is 1.39. The van der Waals surface area contributed by atoms with Crippen molar-refractivity contribution in [2.45, 2.75) is 12.5 Å². The highest BCUT2D eigenvalue weighted by Crippen LogP contribution is 1.98. The van der Waals surface area contributed by atoms with Gasteiger partial charge in [0.25, 0.3) is 0 Å². The minimum Gasteiger partial charge on any atom is -0.394 e. The number of aliphatic hydroxyl groups is 2. The highest BCUT2D eigenvalue weighted by atomic mass is 16.3. The van der Waals surface area contributed by atoms with E-state index in [-0.39, 0.29) is 19.8 Å². The average molecular weight is 162 g/mol. The van der Waals surface area contributed by atoms with E-state index in [2.05, 4.69) is 5.32 Å². The first-order valence-electron chi connectivity index (χ1n) is 3.29. The molecule has 0 saturated heterocycles. The number of hydrogen-bond acceptors (Lipinski definition) is 4. The molecule has 0 unspecified atom stereocenters. The third-order valence-electron chi connectivity index (χ3n) is 1.39. The van der Waals surface area contributed by atoms with Crippen LogP contribution in [0.15, 0.2) is 0 Å². The first-order valence-corrected chi connectivity index (χ1v) is 3.29. The van der Waals surface area contributed by atoms with E-state index in [0.29, 0.717) is 0 Å². The molecule has 5 nitrogen and oxygen atoms in total. The van der Waals surface area contributed by atoms with Gasteiger partial charge in [0.1, 0.15) is 0 Å². The van der Waals surface area contributed by atoms with Crippen LogP contribution in [0.4, 0.5) is 0 Å². The number of hydrogen-bond donors (Lipinski definition) is 4. The molecule has 0 bridgehead atoms. The molecular weight excluding hydrogens is 148 g/mol. The van der Waals surface area contributed by atoms with Crippen molar-refractivity contribution in [3.63, 3.8) is 0 Å². The fourth-order valence-electron chi connectivity index (χ4n) is 0.462. The topological polar surface area (TPSA) is 95.6 Å². The number of carbonyl (C=O) groups excluding carboxylic acids is 1. The molecule has 0 aliphatic rings. The average Bonchev–Trinajstić information content (AvgIpc) is 2.00. The first kappa shape index (κ1) is 10.3. The van der Waals surface area contributed by atoms with Gasteiger partial charge in [-0.3, -0.25) is 10.1 Å². The molecule has 0 aliphatic heterocycles. The lowest BCUT2D eigenvalue weighted by atomic mass is 10.1. The summed E-state index contributed by atoms with van der Waals surface area (Å²) in [7, 11) is 0. The molecule has 0 aliphatic carbocycles. The quantitative estimate of drug-likeness (QED) is 0.369. The Morgan fingerprint density at radius 1 is 1.55 bits per heavy atom. The molecule has 0 atom stereocenters. The van der Waals surface area contributed by atoms with E-state index >= 15 is 0 Å². The molecule has 0 saturated carbocycles. The van der Waals surface area contributed by atoms with Crippen molar-refractivity contribution in [1.82, 2.24) is 5.32 Å². The number of aliphatic hydroxyl groups excluding tert-OH is 2. The Labute approximate surface area is 65.2 Å². The van der Waals surface area contributed by atoms with Gasteiger partial charge in [0.2, 0.25) is 5.91 Å². The van der Waals surface area contributed by atoms with Crippen LogP contribution in [0.1, 0.15) is 6.92 Å². The van der Waals surface area contributed by atoms with E-state index in [1.165, 1.54) is 0 Å². The molecule has 1 amide bonds. The molecule has 0 heterocycles. The Bertz CT molecular complexity index is 134. The maximum atomic E-state index is 10.3. The molecule has 66 valence electrons. The molecule has 0 fully saturated rings. The molecule has 0 spiro atoms. The summed E-state index contributed by atoms with van der Waals surface area (Å²) in [6, 6.07) is 0. The van der Waals surface area contributed by atoms with Gasteiger partial charge in [0.05, 0.1) is 25.3 Å². The lowest BCUT2D eigenvalue weighted by Gasteiger charge is -2.25. The maximum absolute atomic E-state index is 10.3. The summed E-state index contributed by atoms with van der Waals surface area (Å²) in [5.74, 6) is -0.516. The van der Waals surface area contributed by atoms with Crippen molar-refractivity contribution in [1.29, 1.82) is 0 Å². The number of nitrogens with one attached hydrogen (secondary N) is 1. The number of primary amides is 1. The molecule has 0 rings (SSSR count). The molecule has 0 aromatic rings. The second-order valence-electron chi connectivity index (χ2n) is 2.70. The van der Waals surface area contributed by atoms with Crippen molar-refractivity contribution in [3.05, 3.63) is 0 Å². The third kappa shape index (κ3) is 3.92. The lowest BCUT2D eigenvalue weighted by Crippen LogP contribution is -2.51. The van der Waals surface area contributed by atoms with Crippen molar-refractivity contribution in [2.75, 3.05) is 19.8 Å². The zero-order valence-corrected chi connectivity index (χ0v) is 6.50. The maximum Gasteiger partial charge on any atom is 0.231 e. The Balaban J connectivity index is 3.78. The lowest BCUT2D eigenvalue weighted by molar-refractivity contribution is -0.117. The Morgan fingerprint density at radius 3 is 2.27 bits per heavy atom. The molecule has 5 heteroatoms. The van der Waals surface area contributed by atoms with Gasteiger partial charge in [0, 0.05) is 0 Å². The summed E-state index contributed by atoms with van der Waals surface area (Å²) in [5, 5.41) is 20.1. The molecule has 0 radical (unpaired) electrons. The zero-order valence-electron chi connectivity index (χ0n) is 6.50. The summed E-state index contributed by atoms with van der Waals surface area (Å²) < 4.78 is 0. The number of carbonyl (C=O) groups is 1. The number of amides is 1. The van der Waals surface area contributed by atoms with Crippen LogP contribution in [0.3, 0.4) is 0 Å². The highest BCUT2D eigenvalue weighted by molar-refractivity contribution is 5.75. The summed E-state index contributed by atoms with van der Waals surface area (Å²) in [5.41, 5.74) is 4.02. The van der Waals surface area contributed by atoms with E-state index in [1.54, 1.807) is 6.92 Å². The zero-order chi connectivity index (χ0) is 8.91. The van der Waals surface area contributed by atoms with Crippen molar-refractivity contribution >= 4 is 5.91 Å². The van der Waals surface area contributed by atoms with Crippen LogP contribution in [0, 0.1) is 0 Å². The number of rotatable bonds is 5. The van der Waals surface area contributed by atoms with Gasteiger partial charge >= 0.3 is 0 Å². The smallest absolute Gasteiger partial charge is 0.231 e. The van der Waals surface area contributed by atoms with Gasteiger partial charge in [-0.2, -0.15) is 0 Å². The van der Waals surface area contributed by atoms with Crippen molar-refractivity contribution < 1.29 is 15.0 Å². The number of nitrogens with two attached hydrogens (primary N) is 1. The Kier molecular flexibility index (Phi) is 4.02. The van der Waals surface area contributed by atoms with Crippen molar-refractivity contribution in [3.8, 4) is 0 Å². The molecule has 0 aromatic heterocycles. The van der Waals surface area contributed by atoms with E-state index in [9.17, 15) is 4.79 Å². The van der Waals surface area contributed by atoms with E-state index in [4.69, 9.17) is 15.9 Å². The first-order chi connectivity index (χ1) is 5.04. The van der Waals surface area contributed by atoms with E-state index < -0.39 is 11.4 Å². The molecule has 0 aromatic carbocycles. The van der Waals surface area contributed by atoms with Crippen LogP contribution in [0.2, 0.25) is 0 Å². The minimum absolute atomic E-state index is 0.0440. The fraction of sp³-hybridized carbons (Fsp3) is 0.833. The second-order valence-corrected chi connectivity index (χ2v) is 2.70. The highest BCUT2D eigenvalue weighted by Gasteiger charge is 2.21. The summed E-state index contributed by atoms with van der Waals surface area (Å²) >= 11 is 0. The van der Waals surface area contributed by atoms with Crippen LogP contribution < -0.4 is 11.1 Å². The monoisotopic (exact) mass is 162 g/mol. The standard InChI is InChI=1S/C6H14N2O3/c1-6(3-9,4-10)8-2-5(7)11/h8-10H,2-4H2,1H3,(H2,7,11). The van der Waals surface area contributed by atoms with Crippen LogP contribution >= 0.6 is 0 Å².